The fourth-order valence-corrected chi connectivity index (χ4v) is 3.22. The third-order valence-corrected chi connectivity index (χ3v) is 3.93. The summed E-state index contributed by atoms with van der Waals surface area (Å²) in [6.45, 7) is 10.6. The molecule has 1 N–H and O–H groups in total. The van der Waals surface area contributed by atoms with E-state index in [9.17, 15) is 4.79 Å². The van der Waals surface area contributed by atoms with Crippen molar-refractivity contribution < 1.29 is 9.53 Å². The lowest BCUT2D eigenvalue weighted by atomic mass is 9.94. The summed E-state index contributed by atoms with van der Waals surface area (Å²) < 4.78 is 5.00. The first-order chi connectivity index (χ1) is 8.74. The van der Waals surface area contributed by atoms with Crippen molar-refractivity contribution in [1.82, 2.24) is 10.2 Å². The number of ether oxygens (including phenoxy) is 1. The van der Waals surface area contributed by atoms with Crippen LogP contribution >= 0.6 is 0 Å². The van der Waals surface area contributed by atoms with Gasteiger partial charge in [0.15, 0.2) is 0 Å². The van der Waals surface area contributed by atoms with Crippen molar-refractivity contribution in [2.45, 2.75) is 58.5 Å². The molecule has 0 amide bonds. The molecular weight excluding hydrogens is 240 g/mol. The minimum atomic E-state index is -0.472. The van der Waals surface area contributed by atoms with Crippen LogP contribution in [0.25, 0.3) is 0 Å². The second kappa shape index (κ2) is 6.23. The highest BCUT2D eigenvalue weighted by molar-refractivity contribution is 5.81. The molecule has 1 fully saturated rings. The number of methoxy groups -OCH3 is 1. The van der Waals surface area contributed by atoms with E-state index in [4.69, 9.17) is 4.74 Å². The van der Waals surface area contributed by atoms with Crippen LogP contribution in [-0.4, -0.2) is 49.7 Å². The Morgan fingerprint density at radius 1 is 1.47 bits per heavy atom. The highest BCUT2D eigenvalue weighted by atomic mass is 16.5. The zero-order valence-electron chi connectivity index (χ0n) is 13.4. The molecule has 0 aliphatic heterocycles. The smallest absolute Gasteiger partial charge is 0.326 e. The number of esters is 1. The van der Waals surface area contributed by atoms with Crippen molar-refractivity contribution in [2.75, 3.05) is 27.2 Å². The zero-order chi connectivity index (χ0) is 14.7. The van der Waals surface area contributed by atoms with Crippen molar-refractivity contribution in [1.29, 1.82) is 0 Å². The van der Waals surface area contributed by atoms with Gasteiger partial charge in [-0.15, -0.1) is 0 Å². The maximum atomic E-state index is 12.1. The van der Waals surface area contributed by atoms with E-state index in [1.165, 1.54) is 7.11 Å². The van der Waals surface area contributed by atoms with E-state index in [2.05, 4.69) is 38.0 Å². The predicted octanol–water partition coefficient (Wildman–Crippen LogP) is 2.04. The van der Waals surface area contributed by atoms with Crippen LogP contribution in [-0.2, 0) is 9.53 Å². The molecule has 0 aromatic heterocycles. The number of rotatable bonds is 5. The summed E-state index contributed by atoms with van der Waals surface area (Å²) in [5, 5.41) is 3.36. The van der Waals surface area contributed by atoms with Crippen molar-refractivity contribution >= 4 is 5.97 Å². The molecule has 0 aromatic carbocycles. The Morgan fingerprint density at radius 2 is 2.11 bits per heavy atom. The van der Waals surface area contributed by atoms with E-state index in [1.54, 1.807) is 0 Å². The summed E-state index contributed by atoms with van der Waals surface area (Å²) in [5.74, 6) is -0.110. The van der Waals surface area contributed by atoms with Crippen molar-refractivity contribution in [3.8, 4) is 0 Å². The van der Waals surface area contributed by atoms with Crippen LogP contribution in [0.3, 0.4) is 0 Å². The van der Waals surface area contributed by atoms with Gasteiger partial charge >= 0.3 is 5.97 Å². The van der Waals surface area contributed by atoms with E-state index >= 15 is 0 Å². The second-order valence-corrected chi connectivity index (χ2v) is 6.98. The van der Waals surface area contributed by atoms with E-state index < -0.39 is 5.54 Å². The molecule has 1 rings (SSSR count). The van der Waals surface area contributed by atoms with Gasteiger partial charge < -0.3 is 15.0 Å². The molecule has 1 aliphatic carbocycles. The largest absolute Gasteiger partial charge is 0.468 e. The predicted molar refractivity (Wildman–Crippen MR) is 78.1 cm³/mol. The number of nitrogens with zero attached hydrogens (tertiary/aromatic N) is 1. The summed E-state index contributed by atoms with van der Waals surface area (Å²) in [4.78, 5) is 14.5. The van der Waals surface area contributed by atoms with E-state index in [0.717, 1.165) is 32.4 Å². The summed E-state index contributed by atoms with van der Waals surface area (Å²) in [7, 11) is 3.64. The third-order valence-electron chi connectivity index (χ3n) is 3.93. The highest BCUT2D eigenvalue weighted by Gasteiger charge is 2.46. The molecule has 4 nitrogen and oxygen atoms in total. The molecule has 2 atom stereocenters. The molecule has 0 saturated heterocycles. The third kappa shape index (κ3) is 4.18. The first kappa shape index (κ1) is 16.4. The Kier molecular flexibility index (Phi) is 5.39. The molecule has 0 bridgehead atoms. The number of likely N-dealkylation sites (N-methyl/N-ethyl adjacent to an activating group) is 1. The molecule has 0 aromatic rings. The molecule has 1 saturated carbocycles. The van der Waals surface area contributed by atoms with Crippen molar-refractivity contribution in [2.24, 2.45) is 5.41 Å². The van der Waals surface area contributed by atoms with Gasteiger partial charge in [-0.05, 0) is 38.3 Å². The van der Waals surface area contributed by atoms with Crippen LogP contribution < -0.4 is 5.32 Å². The minimum Gasteiger partial charge on any atom is -0.468 e. The monoisotopic (exact) mass is 270 g/mol. The lowest BCUT2D eigenvalue weighted by Crippen LogP contribution is -2.52. The molecule has 2 unspecified atom stereocenters. The molecule has 0 heterocycles. The summed E-state index contributed by atoms with van der Waals surface area (Å²) >= 11 is 0. The lowest BCUT2D eigenvalue weighted by molar-refractivity contribution is -0.148. The Balaban J connectivity index is 2.71. The molecule has 0 radical (unpaired) electrons. The quantitative estimate of drug-likeness (QED) is 0.776. The van der Waals surface area contributed by atoms with E-state index in [1.807, 2.05) is 6.92 Å². The maximum Gasteiger partial charge on any atom is 0.326 e. The normalized spacial score (nSPS) is 27.8. The maximum absolute atomic E-state index is 12.1. The van der Waals surface area contributed by atoms with Gasteiger partial charge in [0.05, 0.1) is 7.11 Å². The number of carbonyl (C=O) groups is 1. The number of nitrogens with one attached hydrogen (secondary N) is 1. The number of hydrogen-bond acceptors (Lipinski definition) is 4. The van der Waals surface area contributed by atoms with Gasteiger partial charge in [-0.1, -0.05) is 27.7 Å². The molecular formula is C15H30N2O2. The Morgan fingerprint density at radius 3 is 2.58 bits per heavy atom. The summed E-state index contributed by atoms with van der Waals surface area (Å²) in [6.07, 6.45) is 2.77. The first-order valence-electron chi connectivity index (χ1n) is 7.28. The Labute approximate surface area is 117 Å². The van der Waals surface area contributed by atoms with Gasteiger partial charge in [-0.2, -0.15) is 0 Å². The Bertz CT molecular complexity index is 312. The van der Waals surface area contributed by atoms with Gasteiger partial charge in [-0.3, -0.25) is 4.79 Å². The Hall–Kier alpha value is -0.610. The topological polar surface area (TPSA) is 41.6 Å². The molecule has 1 aliphatic rings. The van der Waals surface area contributed by atoms with Gasteiger partial charge in [0.2, 0.25) is 0 Å². The van der Waals surface area contributed by atoms with Crippen molar-refractivity contribution in [3.63, 3.8) is 0 Å². The fourth-order valence-electron chi connectivity index (χ4n) is 3.22. The van der Waals surface area contributed by atoms with Crippen LogP contribution in [0.2, 0.25) is 0 Å². The average Bonchev–Trinajstić information content (AvgIpc) is 2.72. The lowest BCUT2D eigenvalue weighted by Gasteiger charge is -2.33. The van der Waals surface area contributed by atoms with Gasteiger partial charge in [0.25, 0.3) is 0 Å². The van der Waals surface area contributed by atoms with Crippen LogP contribution in [0.1, 0.15) is 47.0 Å². The average molecular weight is 270 g/mol. The minimum absolute atomic E-state index is 0.110. The summed E-state index contributed by atoms with van der Waals surface area (Å²) in [5.41, 5.74) is -0.191. The van der Waals surface area contributed by atoms with E-state index in [0.29, 0.717) is 6.04 Å². The highest BCUT2D eigenvalue weighted by Crippen LogP contribution is 2.34. The number of hydrogen-bond donors (Lipinski definition) is 1. The van der Waals surface area contributed by atoms with Crippen molar-refractivity contribution in [3.05, 3.63) is 0 Å². The second-order valence-electron chi connectivity index (χ2n) is 6.98. The fraction of sp³-hybridized carbons (Fsp3) is 0.933. The van der Waals surface area contributed by atoms with Crippen LogP contribution in [0.5, 0.6) is 0 Å². The van der Waals surface area contributed by atoms with Crippen LogP contribution in [0.15, 0.2) is 0 Å². The van der Waals surface area contributed by atoms with Gasteiger partial charge in [0.1, 0.15) is 5.54 Å². The van der Waals surface area contributed by atoms with Gasteiger partial charge in [0, 0.05) is 12.6 Å². The zero-order valence-corrected chi connectivity index (χ0v) is 13.4. The van der Waals surface area contributed by atoms with Gasteiger partial charge in [-0.25, -0.2) is 0 Å². The molecule has 112 valence electrons. The number of carbonyl (C=O) groups excluding carboxylic acids is 1. The van der Waals surface area contributed by atoms with Crippen LogP contribution in [0.4, 0.5) is 0 Å². The van der Waals surface area contributed by atoms with E-state index in [-0.39, 0.29) is 11.4 Å². The SMILES string of the molecule is CCNC1(C(=O)OC)CCC(N(C)CC(C)(C)C)C1. The first-order valence-corrected chi connectivity index (χ1v) is 7.28. The standard InChI is InChI=1S/C15H30N2O2/c1-7-16-15(13(18)19-6)9-8-12(10-15)17(5)11-14(2,3)4/h12,16H,7-11H2,1-6H3. The molecule has 4 heteroatoms. The molecule has 0 spiro atoms. The van der Waals surface area contributed by atoms with Crippen LogP contribution in [0, 0.1) is 5.41 Å². The molecule has 19 heavy (non-hydrogen) atoms. The summed E-state index contributed by atoms with van der Waals surface area (Å²) in [6, 6.07) is 0.456.